The van der Waals surface area contributed by atoms with Crippen LogP contribution in [-0.4, -0.2) is 11.0 Å². The number of anilines is 1. The first kappa shape index (κ1) is 10.5. The summed E-state index contributed by atoms with van der Waals surface area (Å²) < 4.78 is 13.0. The van der Waals surface area contributed by atoms with E-state index in [0.29, 0.717) is 16.9 Å². The molecular weight excluding hydrogens is 214 g/mol. The predicted molar refractivity (Wildman–Crippen MR) is 53.1 cm³/mol. The van der Waals surface area contributed by atoms with Gasteiger partial charge in [0.1, 0.15) is 0 Å². The molecule has 0 saturated heterocycles. The summed E-state index contributed by atoms with van der Waals surface area (Å²) in [6.07, 6.45) is 3.64. The molecule has 0 aliphatic heterocycles. The second-order valence-electron chi connectivity index (χ2n) is 2.90. The largest absolute Gasteiger partial charge is 0.365 e. The van der Waals surface area contributed by atoms with Gasteiger partial charge in [-0.25, -0.2) is 9.37 Å². The molecule has 0 amide bonds. The lowest BCUT2D eigenvalue weighted by Gasteiger charge is -2.03. The second-order valence-corrected chi connectivity index (χ2v) is 3.34. The number of halogens is 3. The summed E-state index contributed by atoms with van der Waals surface area (Å²) in [6, 6.07) is 1.67. The first-order valence-electron chi connectivity index (χ1n) is 3.83. The van der Waals surface area contributed by atoms with E-state index in [1.807, 2.05) is 0 Å². The molecule has 72 valence electrons. The third-order valence-corrected chi connectivity index (χ3v) is 1.93. The van der Waals surface area contributed by atoms with Gasteiger partial charge in [-0.15, -0.1) is 12.4 Å². The van der Waals surface area contributed by atoms with Crippen molar-refractivity contribution < 1.29 is 4.39 Å². The van der Waals surface area contributed by atoms with E-state index in [0.717, 1.165) is 12.8 Å². The number of nitrogens with zero attached hydrogens (tertiary/aromatic N) is 1. The van der Waals surface area contributed by atoms with E-state index in [-0.39, 0.29) is 18.2 Å². The Hall–Kier alpha value is -0.540. The van der Waals surface area contributed by atoms with Crippen molar-refractivity contribution >= 4 is 29.8 Å². The van der Waals surface area contributed by atoms with Crippen LogP contribution < -0.4 is 5.32 Å². The SMILES string of the molecule is Cl.Fc1cc(Cl)cnc1NC1CC1. The first-order chi connectivity index (χ1) is 5.75. The fourth-order valence-corrected chi connectivity index (χ4v) is 1.09. The molecule has 13 heavy (non-hydrogen) atoms. The minimum Gasteiger partial charge on any atom is -0.365 e. The highest BCUT2D eigenvalue weighted by Crippen LogP contribution is 2.25. The molecule has 1 aromatic heterocycles. The zero-order chi connectivity index (χ0) is 8.55. The minimum atomic E-state index is -0.380. The Bertz CT molecular complexity index is 302. The van der Waals surface area contributed by atoms with Gasteiger partial charge in [-0.1, -0.05) is 11.6 Å². The third-order valence-electron chi connectivity index (χ3n) is 1.73. The van der Waals surface area contributed by atoms with Crippen LogP contribution in [0.3, 0.4) is 0 Å². The molecular formula is C8H9Cl2FN2. The zero-order valence-corrected chi connectivity index (χ0v) is 8.33. The van der Waals surface area contributed by atoms with Crippen LogP contribution in [0, 0.1) is 5.82 Å². The summed E-state index contributed by atoms with van der Waals surface area (Å²) >= 11 is 5.54. The molecule has 1 aromatic rings. The van der Waals surface area contributed by atoms with Crippen LogP contribution in [0.5, 0.6) is 0 Å². The maximum atomic E-state index is 13.0. The summed E-state index contributed by atoms with van der Waals surface area (Å²) in [5, 5.41) is 3.29. The van der Waals surface area contributed by atoms with Crippen LogP contribution in [0.4, 0.5) is 10.2 Å². The Labute approximate surface area is 86.9 Å². The summed E-state index contributed by atoms with van der Waals surface area (Å²) in [5.74, 6) is -0.0729. The van der Waals surface area contributed by atoms with E-state index in [4.69, 9.17) is 11.6 Å². The molecule has 0 atom stereocenters. The first-order valence-corrected chi connectivity index (χ1v) is 4.21. The van der Waals surface area contributed by atoms with E-state index in [1.165, 1.54) is 12.3 Å². The molecule has 0 unspecified atom stereocenters. The summed E-state index contributed by atoms with van der Waals surface area (Å²) in [7, 11) is 0. The van der Waals surface area contributed by atoms with Gasteiger partial charge in [0.25, 0.3) is 0 Å². The van der Waals surface area contributed by atoms with Gasteiger partial charge >= 0.3 is 0 Å². The highest BCUT2D eigenvalue weighted by Gasteiger charge is 2.22. The van der Waals surface area contributed by atoms with Gasteiger partial charge < -0.3 is 5.32 Å². The molecule has 1 N–H and O–H groups in total. The van der Waals surface area contributed by atoms with Crippen LogP contribution in [0.2, 0.25) is 5.02 Å². The Balaban J connectivity index is 0.000000845. The molecule has 1 saturated carbocycles. The fraction of sp³-hybridized carbons (Fsp3) is 0.375. The van der Waals surface area contributed by atoms with Gasteiger partial charge in [-0.05, 0) is 18.9 Å². The second kappa shape index (κ2) is 4.11. The van der Waals surface area contributed by atoms with Crippen molar-refractivity contribution in [3.63, 3.8) is 0 Å². The molecule has 1 heterocycles. The van der Waals surface area contributed by atoms with E-state index < -0.39 is 0 Å². The maximum absolute atomic E-state index is 13.0. The molecule has 0 bridgehead atoms. The lowest BCUT2D eigenvalue weighted by Crippen LogP contribution is -2.04. The highest BCUT2D eigenvalue weighted by atomic mass is 35.5. The van der Waals surface area contributed by atoms with Crippen molar-refractivity contribution in [1.82, 2.24) is 4.98 Å². The van der Waals surface area contributed by atoms with E-state index in [9.17, 15) is 4.39 Å². The summed E-state index contributed by atoms with van der Waals surface area (Å²) in [6.45, 7) is 0. The normalized spacial score (nSPS) is 14.9. The Morgan fingerprint density at radius 3 is 2.77 bits per heavy atom. The van der Waals surface area contributed by atoms with E-state index in [1.54, 1.807) is 0 Å². The van der Waals surface area contributed by atoms with Crippen molar-refractivity contribution in [3.05, 3.63) is 23.1 Å². The highest BCUT2D eigenvalue weighted by molar-refractivity contribution is 6.30. The number of aromatic nitrogens is 1. The average molecular weight is 223 g/mol. The number of pyridine rings is 1. The summed E-state index contributed by atoms with van der Waals surface area (Å²) in [4.78, 5) is 3.84. The predicted octanol–water partition coefficient (Wildman–Crippen LogP) is 2.87. The van der Waals surface area contributed by atoms with Crippen LogP contribution in [0.15, 0.2) is 12.3 Å². The number of rotatable bonds is 2. The molecule has 1 fully saturated rings. The van der Waals surface area contributed by atoms with Crippen molar-refractivity contribution in [1.29, 1.82) is 0 Å². The van der Waals surface area contributed by atoms with Gasteiger partial charge in [0, 0.05) is 12.2 Å². The Morgan fingerprint density at radius 2 is 2.23 bits per heavy atom. The van der Waals surface area contributed by atoms with Crippen molar-refractivity contribution in [2.24, 2.45) is 0 Å². The van der Waals surface area contributed by atoms with Crippen LogP contribution in [0.1, 0.15) is 12.8 Å². The third kappa shape index (κ3) is 2.71. The van der Waals surface area contributed by atoms with Gasteiger partial charge in [0.2, 0.25) is 0 Å². The van der Waals surface area contributed by atoms with E-state index >= 15 is 0 Å². The number of hydrogen-bond donors (Lipinski definition) is 1. The molecule has 2 nitrogen and oxygen atoms in total. The number of nitrogens with one attached hydrogen (secondary N) is 1. The topological polar surface area (TPSA) is 24.9 Å². The lowest BCUT2D eigenvalue weighted by molar-refractivity contribution is 0.624. The van der Waals surface area contributed by atoms with Crippen LogP contribution in [0.25, 0.3) is 0 Å². The average Bonchev–Trinajstić information content (AvgIpc) is 2.79. The zero-order valence-electron chi connectivity index (χ0n) is 6.76. The molecule has 2 rings (SSSR count). The Kier molecular flexibility index (Phi) is 3.33. The molecule has 0 radical (unpaired) electrons. The van der Waals surface area contributed by atoms with Crippen molar-refractivity contribution in [2.75, 3.05) is 5.32 Å². The lowest BCUT2D eigenvalue weighted by atomic mass is 10.4. The monoisotopic (exact) mass is 222 g/mol. The molecule has 1 aliphatic rings. The van der Waals surface area contributed by atoms with Gasteiger partial charge in [-0.2, -0.15) is 0 Å². The maximum Gasteiger partial charge on any atom is 0.166 e. The van der Waals surface area contributed by atoms with Crippen molar-refractivity contribution in [3.8, 4) is 0 Å². The minimum absolute atomic E-state index is 0. The molecule has 1 aliphatic carbocycles. The van der Waals surface area contributed by atoms with Gasteiger partial charge in [0.15, 0.2) is 11.6 Å². The quantitative estimate of drug-likeness (QED) is 0.833. The fourth-order valence-electron chi connectivity index (χ4n) is 0.942. The molecule has 0 aromatic carbocycles. The van der Waals surface area contributed by atoms with Crippen LogP contribution >= 0.6 is 24.0 Å². The number of hydrogen-bond acceptors (Lipinski definition) is 2. The molecule has 5 heteroatoms. The molecule has 0 spiro atoms. The van der Waals surface area contributed by atoms with Gasteiger partial charge in [-0.3, -0.25) is 0 Å². The van der Waals surface area contributed by atoms with Gasteiger partial charge in [0.05, 0.1) is 5.02 Å². The van der Waals surface area contributed by atoms with Crippen LogP contribution in [-0.2, 0) is 0 Å². The summed E-state index contributed by atoms with van der Waals surface area (Å²) in [5.41, 5.74) is 0. The smallest absolute Gasteiger partial charge is 0.166 e. The van der Waals surface area contributed by atoms with Crippen molar-refractivity contribution in [2.45, 2.75) is 18.9 Å². The van der Waals surface area contributed by atoms with E-state index in [2.05, 4.69) is 10.3 Å². The standard InChI is InChI=1S/C8H8ClFN2.ClH/c9-5-3-7(10)8(11-4-5)12-6-1-2-6;/h3-4,6H,1-2H2,(H,11,12);1H. The Morgan fingerprint density at radius 1 is 1.54 bits per heavy atom.